The third kappa shape index (κ3) is 3.75. The van der Waals surface area contributed by atoms with E-state index in [1.165, 1.54) is 19.2 Å². The van der Waals surface area contributed by atoms with Gasteiger partial charge in [0.25, 0.3) is 0 Å². The lowest BCUT2D eigenvalue weighted by atomic mass is 10.0. The van der Waals surface area contributed by atoms with Crippen molar-refractivity contribution in [1.29, 1.82) is 0 Å². The zero-order chi connectivity index (χ0) is 22.1. The lowest BCUT2D eigenvalue weighted by Crippen LogP contribution is -2.55. The van der Waals surface area contributed by atoms with Crippen LogP contribution in [0.5, 0.6) is 5.75 Å². The van der Waals surface area contributed by atoms with Crippen molar-refractivity contribution in [2.75, 3.05) is 29.3 Å². The molecule has 2 heterocycles. The molecule has 1 aromatic carbocycles. The van der Waals surface area contributed by atoms with E-state index >= 15 is 0 Å². The monoisotopic (exact) mass is 425 g/mol. The van der Waals surface area contributed by atoms with Crippen molar-refractivity contribution in [3.05, 3.63) is 30.0 Å². The molecule has 31 heavy (non-hydrogen) atoms. The van der Waals surface area contributed by atoms with Gasteiger partial charge in [0.05, 0.1) is 24.6 Å². The first-order chi connectivity index (χ1) is 14.9. The van der Waals surface area contributed by atoms with Crippen molar-refractivity contribution in [3.8, 4) is 5.75 Å². The van der Waals surface area contributed by atoms with Gasteiger partial charge in [-0.1, -0.05) is 19.8 Å². The fourth-order valence-electron chi connectivity index (χ4n) is 4.49. The van der Waals surface area contributed by atoms with Gasteiger partial charge in [-0.15, -0.1) is 0 Å². The van der Waals surface area contributed by atoms with Crippen molar-refractivity contribution in [2.24, 2.45) is 0 Å². The standard InChI is InChI=1S/C22H27N5O4/c1-4-16-20(28)26(2)17-12-23-22(25-19(17)27(16)14-7-5-6-8-14)24-15-10-9-13(21(29)30)11-18(15)31-3/h9-12,14,16H,4-8H2,1-3H3,(H,29,30)(H,23,24,25). The van der Waals surface area contributed by atoms with Crippen molar-refractivity contribution in [2.45, 2.75) is 51.1 Å². The van der Waals surface area contributed by atoms with E-state index in [0.717, 1.165) is 31.5 Å². The molecule has 9 nitrogen and oxygen atoms in total. The number of likely N-dealkylation sites (N-methyl/N-ethyl adjacent to an activating group) is 1. The van der Waals surface area contributed by atoms with Crippen LogP contribution in [-0.4, -0.2) is 53.2 Å². The van der Waals surface area contributed by atoms with E-state index in [0.29, 0.717) is 29.5 Å². The van der Waals surface area contributed by atoms with E-state index in [9.17, 15) is 14.7 Å². The highest BCUT2D eigenvalue weighted by Crippen LogP contribution is 2.40. The fraction of sp³-hybridized carbons (Fsp3) is 0.455. The lowest BCUT2D eigenvalue weighted by Gasteiger charge is -2.43. The van der Waals surface area contributed by atoms with E-state index in [4.69, 9.17) is 9.72 Å². The zero-order valence-electron chi connectivity index (χ0n) is 18.0. The number of rotatable bonds is 6. The second-order valence-electron chi connectivity index (χ2n) is 7.91. The van der Waals surface area contributed by atoms with E-state index in [1.807, 2.05) is 6.92 Å². The lowest BCUT2D eigenvalue weighted by molar-refractivity contribution is -0.120. The predicted octanol–water partition coefficient (Wildman–Crippen LogP) is 3.43. The number of hydrogen-bond acceptors (Lipinski definition) is 7. The van der Waals surface area contributed by atoms with Gasteiger partial charge in [0.2, 0.25) is 11.9 Å². The number of carbonyl (C=O) groups excluding carboxylic acids is 1. The molecule has 164 valence electrons. The third-order valence-corrected chi connectivity index (χ3v) is 6.11. The van der Waals surface area contributed by atoms with Gasteiger partial charge in [-0.3, -0.25) is 4.79 Å². The molecule has 1 saturated carbocycles. The van der Waals surface area contributed by atoms with Crippen LogP contribution in [-0.2, 0) is 4.79 Å². The number of ether oxygens (including phenoxy) is 1. The Balaban J connectivity index is 1.72. The van der Waals surface area contributed by atoms with Crippen molar-refractivity contribution < 1.29 is 19.4 Å². The Bertz CT molecular complexity index is 1010. The van der Waals surface area contributed by atoms with Gasteiger partial charge in [0.15, 0.2) is 5.82 Å². The van der Waals surface area contributed by atoms with Crippen molar-refractivity contribution >= 4 is 35.0 Å². The summed E-state index contributed by atoms with van der Waals surface area (Å²) < 4.78 is 5.34. The Morgan fingerprint density at radius 1 is 1.32 bits per heavy atom. The highest BCUT2D eigenvalue weighted by Gasteiger charge is 2.41. The molecular weight excluding hydrogens is 398 g/mol. The molecule has 1 amide bonds. The number of aromatic carboxylic acids is 1. The molecule has 1 atom stereocenters. The molecule has 4 rings (SSSR count). The summed E-state index contributed by atoms with van der Waals surface area (Å²) in [6, 6.07) is 4.62. The summed E-state index contributed by atoms with van der Waals surface area (Å²) >= 11 is 0. The largest absolute Gasteiger partial charge is 0.495 e. The molecule has 0 spiro atoms. The summed E-state index contributed by atoms with van der Waals surface area (Å²) in [5.74, 6) is 0.533. The van der Waals surface area contributed by atoms with Crippen LogP contribution in [0, 0.1) is 0 Å². The van der Waals surface area contributed by atoms with Gasteiger partial charge < -0.3 is 25.0 Å². The fourth-order valence-corrected chi connectivity index (χ4v) is 4.49. The van der Waals surface area contributed by atoms with Crippen LogP contribution in [0.3, 0.4) is 0 Å². The first-order valence-corrected chi connectivity index (χ1v) is 10.6. The van der Waals surface area contributed by atoms with Crippen LogP contribution in [0.15, 0.2) is 24.4 Å². The molecule has 1 aliphatic carbocycles. The van der Waals surface area contributed by atoms with Crippen LogP contribution in [0.1, 0.15) is 49.4 Å². The summed E-state index contributed by atoms with van der Waals surface area (Å²) in [5.41, 5.74) is 1.39. The Hall–Kier alpha value is -3.36. The summed E-state index contributed by atoms with van der Waals surface area (Å²) in [6.07, 6.45) is 6.76. The second-order valence-corrected chi connectivity index (χ2v) is 7.91. The maximum Gasteiger partial charge on any atom is 0.335 e. The Morgan fingerprint density at radius 3 is 2.71 bits per heavy atom. The Labute approximate surface area is 181 Å². The summed E-state index contributed by atoms with van der Waals surface area (Å²) in [6.45, 7) is 2.03. The van der Waals surface area contributed by atoms with Gasteiger partial charge in [-0.25, -0.2) is 9.78 Å². The Morgan fingerprint density at radius 2 is 2.06 bits per heavy atom. The Kier molecular flexibility index (Phi) is 5.67. The number of hydrogen-bond donors (Lipinski definition) is 2. The number of carbonyl (C=O) groups is 2. The van der Waals surface area contributed by atoms with Gasteiger partial charge in [-0.05, 0) is 37.5 Å². The highest BCUT2D eigenvalue weighted by molar-refractivity contribution is 6.04. The molecule has 2 aliphatic rings. The molecular formula is C22H27N5O4. The minimum absolute atomic E-state index is 0.0668. The molecule has 2 N–H and O–H groups in total. The average Bonchev–Trinajstić information content (AvgIpc) is 3.30. The smallest absolute Gasteiger partial charge is 0.335 e. The van der Waals surface area contributed by atoms with Crippen LogP contribution in [0.4, 0.5) is 23.1 Å². The number of nitrogens with zero attached hydrogens (tertiary/aromatic N) is 4. The number of carboxylic acid groups (broad SMARTS) is 1. The first-order valence-electron chi connectivity index (χ1n) is 10.6. The zero-order valence-corrected chi connectivity index (χ0v) is 18.0. The molecule has 1 aliphatic heterocycles. The molecule has 0 radical (unpaired) electrons. The van der Waals surface area contributed by atoms with Gasteiger partial charge >= 0.3 is 5.97 Å². The maximum absolute atomic E-state index is 13.0. The van der Waals surface area contributed by atoms with Gasteiger partial charge in [-0.2, -0.15) is 4.98 Å². The van der Waals surface area contributed by atoms with E-state index in [-0.39, 0.29) is 23.6 Å². The molecule has 0 saturated heterocycles. The number of aromatic nitrogens is 2. The molecule has 1 fully saturated rings. The van der Waals surface area contributed by atoms with Gasteiger partial charge in [0.1, 0.15) is 17.5 Å². The number of nitrogens with one attached hydrogen (secondary N) is 1. The van der Waals surface area contributed by atoms with Crippen LogP contribution >= 0.6 is 0 Å². The minimum Gasteiger partial charge on any atom is -0.495 e. The van der Waals surface area contributed by atoms with E-state index in [1.54, 1.807) is 24.2 Å². The molecule has 1 unspecified atom stereocenters. The molecule has 1 aromatic heterocycles. The number of benzene rings is 1. The van der Waals surface area contributed by atoms with Crippen molar-refractivity contribution in [1.82, 2.24) is 9.97 Å². The topological polar surface area (TPSA) is 108 Å². The minimum atomic E-state index is -1.03. The van der Waals surface area contributed by atoms with Crippen LogP contribution in [0.2, 0.25) is 0 Å². The molecule has 9 heteroatoms. The number of methoxy groups -OCH3 is 1. The number of fused-ring (bicyclic) bond motifs is 1. The number of anilines is 4. The summed E-state index contributed by atoms with van der Waals surface area (Å²) in [5, 5.41) is 12.3. The van der Waals surface area contributed by atoms with E-state index in [2.05, 4.69) is 15.2 Å². The molecule has 0 bridgehead atoms. The predicted molar refractivity (Wildman–Crippen MR) is 117 cm³/mol. The maximum atomic E-state index is 13.0. The van der Waals surface area contributed by atoms with E-state index < -0.39 is 5.97 Å². The summed E-state index contributed by atoms with van der Waals surface area (Å²) in [4.78, 5) is 37.2. The van der Waals surface area contributed by atoms with Crippen molar-refractivity contribution in [3.63, 3.8) is 0 Å². The first kappa shape index (κ1) is 20.9. The van der Waals surface area contributed by atoms with Crippen LogP contribution in [0.25, 0.3) is 0 Å². The SMILES string of the molecule is CCC1C(=O)N(C)c2cnc(Nc3ccc(C(=O)O)cc3OC)nc2N1C1CCCC1. The van der Waals surface area contributed by atoms with Crippen LogP contribution < -0.4 is 19.9 Å². The second kappa shape index (κ2) is 8.41. The highest BCUT2D eigenvalue weighted by atomic mass is 16.5. The molecule has 2 aromatic rings. The number of carboxylic acids is 1. The average molecular weight is 425 g/mol. The van der Waals surface area contributed by atoms with Gasteiger partial charge in [0, 0.05) is 13.1 Å². The summed E-state index contributed by atoms with van der Waals surface area (Å²) in [7, 11) is 3.24. The quantitative estimate of drug-likeness (QED) is 0.725. The number of amides is 1. The third-order valence-electron chi connectivity index (χ3n) is 6.11. The normalized spacial score (nSPS) is 18.8.